The topological polar surface area (TPSA) is 20.7 Å². The lowest BCUT2D eigenvalue weighted by Crippen LogP contribution is -2.19. The van der Waals surface area contributed by atoms with Crippen LogP contribution in [0.25, 0.3) is 11.0 Å². The van der Waals surface area contributed by atoms with Gasteiger partial charge < -0.3 is 9.55 Å². The van der Waals surface area contributed by atoms with Crippen LogP contribution in [-0.4, -0.2) is 9.55 Å². The first kappa shape index (κ1) is 14.1. The number of benzene rings is 1. The third-order valence-electron chi connectivity index (χ3n) is 4.46. The molecule has 108 valence electrons. The van der Waals surface area contributed by atoms with E-state index in [1.807, 2.05) is 0 Å². The normalized spacial score (nSPS) is 23.4. The number of aromatic amines is 1. The molecule has 1 aromatic heterocycles. The Hall–Kier alpha value is -0.870. The van der Waals surface area contributed by atoms with Gasteiger partial charge in [-0.1, -0.05) is 37.8 Å². The van der Waals surface area contributed by atoms with E-state index >= 15 is 0 Å². The van der Waals surface area contributed by atoms with Gasteiger partial charge in [0.05, 0.1) is 16.1 Å². The van der Waals surface area contributed by atoms with Gasteiger partial charge in [0.2, 0.25) is 0 Å². The highest BCUT2D eigenvalue weighted by atomic mass is 35.5. The molecule has 1 saturated carbocycles. The van der Waals surface area contributed by atoms with Crippen molar-refractivity contribution in [1.29, 1.82) is 0 Å². The average molecular weight is 313 g/mol. The van der Waals surface area contributed by atoms with Gasteiger partial charge in [0, 0.05) is 12.1 Å². The predicted octanol–water partition coefficient (Wildman–Crippen LogP) is 5.63. The van der Waals surface area contributed by atoms with Crippen LogP contribution in [-0.2, 0) is 0 Å². The van der Waals surface area contributed by atoms with E-state index in [9.17, 15) is 4.39 Å². The van der Waals surface area contributed by atoms with Gasteiger partial charge in [0.1, 0.15) is 5.82 Å². The van der Waals surface area contributed by atoms with Gasteiger partial charge in [-0.15, -0.1) is 0 Å². The standard InChI is InChI=1S/C15H18ClFN2S/c1-2-9-4-3-5-10(6-9)19-14-8-12(17)11(16)7-13(14)18-15(19)20/h7-10H,2-6H2,1H3,(H,18,20). The number of imidazole rings is 1. The summed E-state index contributed by atoms with van der Waals surface area (Å²) < 4.78 is 16.5. The number of fused-ring (bicyclic) bond motifs is 1. The molecular weight excluding hydrogens is 295 g/mol. The van der Waals surface area contributed by atoms with E-state index in [1.165, 1.54) is 25.3 Å². The highest BCUT2D eigenvalue weighted by Gasteiger charge is 2.24. The maximum atomic E-state index is 13.8. The number of nitrogens with zero attached hydrogens (tertiary/aromatic N) is 1. The van der Waals surface area contributed by atoms with Crippen LogP contribution in [0.5, 0.6) is 0 Å². The van der Waals surface area contributed by atoms with Crippen LogP contribution in [0.15, 0.2) is 12.1 Å². The Balaban J connectivity index is 2.08. The number of hydrogen-bond acceptors (Lipinski definition) is 1. The molecule has 3 rings (SSSR count). The lowest BCUT2D eigenvalue weighted by atomic mass is 9.84. The summed E-state index contributed by atoms with van der Waals surface area (Å²) in [6.07, 6.45) is 5.95. The quantitative estimate of drug-likeness (QED) is 0.712. The van der Waals surface area contributed by atoms with E-state index in [0.717, 1.165) is 29.8 Å². The highest BCUT2D eigenvalue weighted by Crippen LogP contribution is 2.36. The first-order valence-electron chi connectivity index (χ1n) is 7.19. The molecular formula is C15H18ClFN2S. The van der Waals surface area contributed by atoms with Gasteiger partial charge in [0.25, 0.3) is 0 Å². The van der Waals surface area contributed by atoms with Crippen molar-refractivity contribution < 1.29 is 4.39 Å². The molecule has 0 amide bonds. The molecule has 0 bridgehead atoms. The third-order valence-corrected chi connectivity index (χ3v) is 5.04. The maximum Gasteiger partial charge on any atom is 0.178 e. The van der Waals surface area contributed by atoms with Crippen molar-refractivity contribution in [2.45, 2.75) is 45.1 Å². The SMILES string of the molecule is CCC1CCCC(n2c(=S)[nH]c3cc(Cl)c(F)cc32)C1. The average Bonchev–Trinajstić information content (AvgIpc) is 2.74. The Kier molecular flexibility index (Phi) is 3.87. The van der Waals surface area contributed by atoms with Crippen LogP contribution >= 0.6 is 23.8 Å². The van der Waals surface area contributed by atoms with Gasteiger partial charge in [-0.05, 0) is 37.0 Å². The fraction of sp³-hybridized carbons (Fsp3) is 0.533. The van der Waals surface area contributed by atoms with E-state index in [4.69, 9.17) is 23.8 Å². The molecule has 2 nitrogen and oxygen atoms in total. The van der Waals surface area contributed by atoms with Crippen LogP contribution < -0.4 is 0 Å². The second-order valence-corrected chi connectivity index (χ2v) is 6.47. The Morgan fingerprint density at radius 2 is 2.25 bits per heavy atom. The van der Waals surface area contributed by atoms with E-state index < -0.39 is 0 Å². The Labute approximate surface area is 127 Å². The van der Waals surface area contributed by atoms with Gasteiger partial charge in [0.15, 0.2) is 4.77 Å². The van der Waals surface area contributed by atoms with Crippen LogP contribution in [0.4, 0.5) is 4.39 Å². The Morgan fingerprint density at radius 1 is 1.45 bits per heavy atom. The number of halogens is 2. The fourth-order valence-electron chi connectivity index (χ4n) is 3.35. The smallest absolute Gasteiger partial charge is 0.178 e. The molecule has 0 saturated heterocycles. The van der Waals surface area contributed by atoms with E-state index in [1.54, 1.807) is 6.07 Å². The molecule has 1 aliphatic carbocycles. The molecule has 2 aromatic rings. The van der Waals surface area contributed by atoms with Crippen molar-refractivity contribution in [1.82, 2.24) is 9.55 Å². The van der Waals surface area contributed by atoms with Crippen molar-refractivity contribution in [2.75, 3.05) is 0 Å². The minimum Gasteiger partial charge on any atom is -0.331 e. The maximum absolute atomic E-state index is 13.8. The van der Waals surface area contributed by atoms with E-state index in [-0.39, 0.29) is 10.8 Å². The second-order valence-electron chi connectivity index (χ2n) is 5.68. The number of rotatable bonds is 2. The van der Waals surface area contributed by atoms with Crippen LogP contribution in [0.1, 0.15) is 45.1 Å². The summed E-state index contributed by atoms with van der Waals surface area (Å²) in [4.78, 5) is 3.15. The largest absolute Gasteiger partial charge is 0.331 e. The van der Waals surface area contributed by atoms with Gasteiger partial charge in [-0.2, -0.15) is 0 Å². The predicted molar refractivity (Wildman–Crippen MR) is 83.4 cm³/mol. The second kappa shape index (κ2) is 5.49. The van der Waals surface area contributed by atoms with Gasteiger partial charge in [-0.25, -0.2) is 4.39 Å². The lowest BCUT2D eigenvalue weighted by molar-refractivity contribution is 0.263. The van der Waals surface area contributed by atoms with E-state index in [2.05, 4.69) is 16.5 Å². The van der Waals surface area contributed by atoms with Crippen molar-refractivity contribution in [3.63, 3.8) is 0 Å². The molecule has 2 atom stereocenters. The summed E-state index contributed by atoms with van der Waals surface area (Å²) in [7, 11) is 0. The van der Waals surface area contributed by atoms with Crippen molar-refractivity contribution in [2.24, 2.45) is 5.92 Å². The Morgan fingerprint density at radius 3 is 3.00 bits per heavy atom. The minimum atomic E-state index is -0.384. The fourth-order valence-corrected chi connectivity index (χ4v) is 3.87. The zero-order valence-corrected chi connectivity index (χ0v) is 13.0. The zero-order chi connectivity index (χ0) is 14.3. The third kappa shape index (κ3) is 2.40. The molecule has 1 heterocycles. The lowest BCUT2D eigenvalue weighted by Gasteiger charge is -2.29. The van der Waals surface area contributed by atoms with Gasteiger partial charge >= 0.3 is 0 Å². The van der Waals surface area contributed by atoms with E-state index in [0.29, 0.717) is 10.8 Å². The monoisotopic (exact) mass is 312 g/mol. The zero-order valence-electron chi connectivity index (χ0n) is 11.5. The van der Waals surface area contributed by atoms with Crippen molar-refractivity contribution >= 4 is 34.9 Å². The summed E-state index contributed by atoms with van der Waals surface area (Å²) in [6, 6.07) is 3.49. The molecule has 20 heavy (non-hydrogen) atoms. The molecule has 0 aliphatic heterocycles. The molecule has 1 aliphatic rings. The van der Waals surface area contributed by atoms with Crippen LogP contribution in [0.3, 0.4) is 0 Å². The first-order valence-corrected chi connectivity index (χ1v) is 7.98. The Bertz CT molecular complexity index is 691. The minimum absolute atomic E-state index is 0.135. The molecule has 1 N–H and O–H groups in total. The number of nitrogens with one attached hydrogen (secondary N) is 1. The first-order chi connectivity index (χ1) is 9.60. The number of aromatic nitrogens is 2. The molecule has 2 unspecified atom stereocenters. The van der Waals surface area contributed by atoms with Gasteiger partial charge in [-0.3, -0.25) is 0 Å². The number of H-pyrrole nitrogens is 1. The molecule has 1 fully saturated rings. The summed E-state index contributed by atoms with van der Waals surface area (Å²) >= 11 is 11.3. The summed E-state index contributed by atoms with van der Waals surface area (Å²) in [5.74, 6) is 0.363. The van der Waals surface area contributed by atoms with Crippen LogP contribution in [0, 0.1) is 16.5 Å². The molecule has 1 aromatic carbocycles. The molecule has 5 heteroatoms. The van der Waals surface area contributed by atoms with Crippen molar-refractivity contribution in [3.8, 4) is 0 Å². The highest BCUT2D eigenvalue weighted by molar-refractivity contribution is 7.71. The molecule has 0 spiro atoms. The number of hydrogen-bond donors (Lipinski definition) is 1. The summed E-state index contributed by atoms with van der Waals surface area (Å²) in [5, 5.41) is 0.135. The summed E-state index contributed by atoms with van der Waals surface area (Å²) in [6.45, 7) is 2.24. The van der Waals surface area contributed by atoms with Crippen LogP contribution in [0.2, 0.25) is 5.02 Å². The summed E-state index contributed by atoms with van der Waals surface area (Å²) in [5.41, 5.74) is 1.65. The van der Waals surface area contributed by atoms with Crippen molar-refractivity contribution in [3.05, 3.63) is 27.7 Å². The molecule has 0 radical (unpaired) electrons.